The molecule has 13 aromatic rings. The molecule has 6 heterocycles. The van der Waals surface area contributed by atoms with Gasteiger partial charge in [-0.2, -0.15) is 0 Å². The van der Waals surface area contributed by atoms with Crippen LogP contribution < -0.4 is 34.3 Å². The smallest absolute Gasteiger partial charge is 0.371 e. The third-order valence-corrected chi connectivity index (χ3v) is 23.2. The minimum Gasteiger partial charge on any atom is -0.371 e. The van der Waals surface area contributed by atoms with Gasteiger partial charge >= 0.3 is 99.6 Å². The maximum absolute atomic E-state index is 13.5. The Morgan fingerprint density at radius 2 is 0.489 bits per heavy atom. The van der Waals surface area contributed by atoms with Gasteiger partial charge < -0.3 is 5.11 Å². The number of urea groups is 5. The van der Waals surface area contributed by atoms with Crippen molar-refractivity contribution < 1.29 is 77.0 Å². The predicted molar refractivity (Wildman–Crippen MR) is 513 cm³/mol. The molecule has 31 heteroatoms. The molecule has 12 aromatic carbocycles. The Kier molecular flexibility index (Phi) is 28.7. The van der Waals surface area contributed by atoms with E-state index in [-0.39, 0.29) is 49.3 Å². The van der Waals surface area contributed by atoms with E-state index in [4.69, 9.17) is 26.3 Å². The summed E-state index contributed by atoms with van der Waals surface area (Å²) in [6, 6.07) is 103. The molecule has 5 aliphatic heterocycles. The number of amides is 20. The molecule has 5 saturated heterocycles. The lowest BCUT2D eigenvalue weighted by Gasteiger charge is -2.40. The first-order valence-electron chi connectivity index (χ1n) is 43.0. The zero-order valence-electron chi connectivity index (χ0n) is 74.3. The van der Waals surface area contributed by atoms with Gasteiger partial charge in [0, 0.05) is 26.7 Å². The van der Waals surface area contributed by atoms with Crippen molar-refractivity contribution in [3.05, 3.63) is 467 Å². The van der Waals surface area contributed by atoms with Crippen molar-refractivity contribution in [1.82, 2.24) is 19.7 Å². The minimum absolute atomic E-state index is 0.0161. The monoisotopic (exact) mass is 1840 g/mol. The highest BCUT2D eigenvalue weighted by molar-refractivity contribution is 6.43. The second kappa shape index (κ2) is 41.7. The minimum atomic E-state index is -2.46. The number of likely N-dealkylation sites (N-methyl/N-ethyl adjacent to an activating group) is 2. The van der Waals surface area contributed by atoms with Crippen molar-refractivity contribution in [3.63, 3.8) is 0 Å². The first kappa shape index (κ1) is 95.8. The number of barbiturate groups is 5. The molecule has 0 saturated carbocycles. The van der Waals surface area contributed by atoms with Crippen molar-refractivity contribution >= 4 is 129 Å². The largest absolute Gasteiger partial charge is 0.411 e. The van der Waals surface area contributed by atoms with E-state index in [1.807, 2.05) is 24.3 Å². The zero-order chi connectivity index (χ0) is 98.8. The SMILES string of the molecule is O=C1N(c2ccccc2)C(=O)C(O)(Cc2ccccc2)C(=O)N1c1ccccn1.[C-]#[N+]C1(Cc2ccccc2)C(=O)N(C)C(=O)N(Cc2ccccc2)C1=O.[C-]#[N+]C1(Cc2ccccc2)C(=O)N(C)C(=O)N(c2ccccc2)C1=O.[C-]#[N+]C1(Cc2ccccc2)C(=O)N(c2ccccc2)C(=O)N(c2ccccc2)C1=O.[C-]#[N+]C1(c2ccccc2)C(=O)N(c2ccccc2)C(=O)N(c2ccccc2)C1=O. The predicted octanol–water partition coefficient (Wildman–Crippen LogP) is 15.7. The van der Waals surface area contributed by atoms with Crippen molar-refractivity contribution in [1.29, 1.82) is 0 Å². The number of pyridine rings is 1. The van der Waals surface area contributed by atoms with Crippen molar-refractivity contribution in [2.45, 2.75) is 60.0 Å². The van der Waals surface area contributed by atoms with Crippen molar-refractivity contribution in [2.24, 2.45) is 0 Å². The maximum atomic E-state index is 13.5. The maximum Gasteiger partial charge on any atom is 0.411 e. The Hall–Kier alpha value is -19.2. The van der Waals surface area contributed by atoms with Gasteiger partial charge in [-0.3, -0.25) is 82.0 Å². The summed E-state index contributed by atoms with van der Waals surface area (Å²) in [6.07, 6.45) is 0.865. The molecule has 684 valence electrons. The van der Waals surface area contributed by atoms with Gasteiger partial charge in [0.05, 0.1) is 65.5 Å². The first-order chi connectivity index (χ1) is 67.2. The molecule has 0 bridgehead atoms. The Morgan fingerprint density at radius 1 is 0.245 bits per heavy atom. The number of aliphatic hydroxyl groups is 1. The Morgan fingerprint density at radius 3 is 0.799 bits per heavy atom. The van der Waals surface area contributed by atoms with E-state index in [2.05, 4.69) is 24.4 Å². The fourth-order valence-electron chi connectivity index (χ4n) is 16.1. The summed E-state index contributed by atoms with van der Waals surface area (Å²) in [5.74, 6) is -8.59. The van der Waals surface area contributed by atoms with E-state index in [9.17, 15) is 77.0 Å². The topological polar surface area (TPSA) is 339 Å². The molecule has 3 unspecified atom stereocenters. The van der Waals surface area contributed by atoms with Gasteiger partial charge in [-0.1, -0.05) is 285 Å². The van der Waals surface area contributed by atoms with E-state index in [0.717, 1.165) is 54.6 Å². The van der Waals surface area contributed by atoms with Crippen LogP contribution in [0.4, 0.5) is 63.9 Å². The van der Waals surface area contributed by atoms with Crippen LogP contribution in [0.15, 0.2) is 388 Å². The summed E-state index contributed by atoms with van der Waals surface area (Å²) in [7, 11) is 2.60. The summed E-state index contributed by atoms with van der Waals surface area (Å²) < 4.78 is 0. The van der Waals surface area contributed by atoms with Crippen LogP contribution in [-0.4, -0.2) is 150 Å². The summed E-state index contributed by atoms with van der Waals surface area (Å²) in [5, 5.41) is 11.3. The Bertz CT molecular complexity index is 6850. The van der Waals surface area contributed by atoms with Gasteiger partial charge in [0.25, 0.3) is 11.8 Å². The number of imide groups is 10. The number of rotatable bonds is 18. The van der Waals surface area contributed by atoms with Gasteiger partial charge in [0.15, 0.2) is 0 Å². The van der Waals surface area contributed by atoms with Gasteiger partial charge in [-0.15, -0.1) is 0 Å². The Balaban J connectivity index is 0.000000139. The van der Waals surface area contributed by atoms with Gasteiger partial charge in [-0.05, 0) is 125 Å². The lowest BCUT2D eigenvalue weighted by atomic mass is 9.85. The quantitative estimate of drug-likeness (QED) is 0.0616. The highest BCUT2D eigenvalue weighted by atomic mass is 16.3. The summed E-state index contributed by atoms with van der Waals surface area (Å²) in [5.41, 5.74) is -5.32. The number of carbonyl (C=O) groups excluding carboxylic acids is 15. The molecule has 18 rings (SSSR count). The van der Waals surface area contributed by atoms with Crippen LogP contribution in [0.2, 0.25) is 0 Å². The summed E-state index contributed by atoms with van der Waals surface area (Å²) in [6.45, 7) is 30.9. The van der Waals surface area contributed by atoms with Crippen LogP contribution in [0.1, 0.15) is 33.4 Å². The van der Waals surface area contributed by atoms with Gasteiger partial charge in [0.2, 0.25) is 5.60 Å². The van der Waals surface area contributed by atoms with E-state index in [1.54, 1.807) is 352 Å². The lowest BCUT2D eigenvalue weighted by Crippen LogP contribution is -2.70. The average Bonchev–Trinajstić information content (AvgIpc) is 0.722. The molecule has 139 heavy (non-hydrogen) atoms. The van der Waals surface area contributed by atoms with Crippen LogP contribution in [-0.2, 0) is 85.7 Å². The van der Waals surface area contributed by atoms with Crippen molar-refractivity contribution in [3.8, 4) is 0 Å². The second-order valence-electron chi connectivity index (χ2n) is 31.8. The normalized spacial score (nSPS) is 18.3. The fourth-order valence-corrected chi connectivity index (χ4v) is 16.1. The number of hydrogen-bond donors (Lipinski definition) is 1. The van der Waals surface area contributed by atoms with Crippen LogP contribution in [0.25, 0.3) is 19.4 Å². The molecule has 0 aliphatic carbocycles. The number of para-hydroxylation sites is 6. The fraction of sp³-hybridized carbons (Fsp3) is 0.111. The van der Waals surface area contributed by atoms with E-state index in [0.29, 0.717) is 50.7 Å². The van der Waals surface area contributed by atoms with Crippen LogP contribution in [0, 0.1) is 26.3 Å². The lowest BCUT2D eigenvalue weighted by molar-refractivity contribution is -0.151. The Labute approximate surface area is 797 Å². The van der Waals surface area contributed by atoms with Crippen molar-refractivity contribution in [2.75, 3.05) is 48.4 Å². The van der Waals surface area contributed by atoms with E-state index in [1.165, 1.54) is 26.4 Å². The number of carbonyl (C=O) groups is 15. The number of anilines is 7. The second-order valence-corrected chi connectivity index (χ2v) is 31.8. The summed E-state index contributed by atoms with van der Waals surface area (Å²) in [4.78, 5) is 224. The van der Waals surface area contributed by atoms with Gasteiger partial charge in [0.1, 0.15) is 5.82 Å². The molecular formula is C108H81N15O16. The molecule has 1 N–H and O–H groups in total. The molecule has 3 atom stereocenters. The molecular weight excluding hydrogens is 1760 g/mol. The highest BCUT2D eigenvalue weighted by Gasteiger charge is 2.69. The molecule has 5 fully saturated rings. The van der Waals surface area contributed by atoms with Gasteiger partial charge in [-0.25, -0.2) is 89.5 Å². The standard InChI is InChI=1S/C24H17N3O3.C23H15N3O3.C22H17N3O4.C20H17N3O3.C19H15N3O3/c1-25-24(17-18-11-5-2-6-12-18)21(28)26(19-13-7-3-8-14-19)23(30)27(22(24)29)20-15-9-4-10-16-20;1-24-23(17-11-5-2-6-12-17)20(27)25(18-13-7-3-8-14-18)22(29)26(21(23)28)19-15-9-4-10-16-19;26-19-22(29,15-16-9-3-1-4-10-16)20(27)25(18-13-7-8-14-23-18)21(28)24(19)17-11-5-2-6-12-17;1-21-20(13-15-9-5-3-6-10-15)17(24)22(2)19(26)23(18(20)25)14-16-11-7-4-8-12-16;1-20-19(13-14-9-5-3-6-10-14)16(23)21(2)18(25)22(17(19)24)15-11-7-4-8-12-15/h2-16H,17H2;2-16H;1-14,29H,15H2;3-12H,13-14H2,2H3;3-12H,13H2,2H3. The van der Waals surface area contributed by atoms with Crippen LogP contribution in [0.3, 0.4) is 0 Å². The summed E-state index contributed by atoms with van der Waals surface area (Å²) >= 11 is 0. The van der Waals surface area contributed by atoms with E-state index >= 15 is 0 Å². The number of aromatic nitrogens is 1. The molecule has 0 spiro atoms. The molecule has 0 radical (unpaired) electrons. The average molecular weight is 1840 g/mol. The molecule has 1 aromatic heterocycles. The number of nitrogens with zero attached hydrogens (tertiary/aromatic N) is 15. The van der Waals surface area contributed by atoms with Crippen LogP contribution in [0.5, 0.6) is 0 Å². The number of benzene rings is 12. The third-order valence-electron chi connectivity index (χ3n) is 23.2. The third kappa shape index (κ3) is 18.6. The van der Waals surface area contributed by atoms with E-state index < -0.39 is 117 Å². The van der Waals surface area contributed by atoms with Crippen LogP contribution >= 0.6 is 0 Å². The molecule has 5 aliphatic rings. The molecule has 31 nitrogen and oxygen atoms in total. The first-order valence-corrected chi connectivity index (χ1v) is 43.0. The molecule has 20 amide bonds. The number of hydrogen-bond acceptors (Lipinski definition) is 17. The zero-order valence-corrected chi connectivity index (χ0v) is 74.3. The highest BCUT2D eigenvalue weighted by Crippen LogP contribution is 2.42.